The molecule has 0 heterocycles. The van der Waals surface area contributed by atoms with Crippen LogP contribution in [-0.2, 0) is 62.0 Å². The van der Waals surface area contributed by atoms with E-state index in [4.69, 9.17) is 45.5 Å². The van der Waals surface area contributed by atoms with Crippen LogP contribution < -0.4 is 0 Å². The molecule has 0 aromatic carbocycles. The summed E-state index contributed by atoms with van der Waals surface area (Å²) in [6, 6.07) is 0. The van der Waals surface area contributed by atoms with E-state index in [1.54, 1.807) is 0 Å². The molecule has 0 N–H and O–H groups in total. The van der Waals surface area contributed by atoms with Crippen LogP contribution in [0, 0.1) is 0 Å². The third kappa shape index (κ3) is 75.7. The minimum atomic E-state index is -1.11. The van der Waals surface area contributed by atoms with Gasteiger partial charge in [0.1, 0.15) is 6.79 Å². The van der Waals surface area contributed by atoms with Crippen LogP contribution in [0.2, 0.25) is 0 Å². The van der Waals surface area contributed by atoms with Crippen molar-refractivity contribution < 1.29 is 62.0 Å². The van der Waals surface area contributed by atoms with Crippen molar-refractivity contribution in [2.24, 2.45) is 0 Å². The molecular formula is C55H119NiO10P3. The van der Waals surface area contributed by atoms with Crippen LogP contribution in [0.5, 0.6) is 0 Å². The van der Waals surface area contributed by atoms with E-state index in [1.807, 2.05) is 27.6 Å². The van der Waals surface area contributed by atoms with Gasteiger partial charge in [-0.1, -0.05) is 234 Å². The Hall–Kier alpha value is 1.09. The van der Waals surface area contributed by atoms with Gasteiger partial charge < -0.3 is 45.5 Å². The van der Waals surface area contributed by atoms with Gasteiger partial charge in [-0.2, -0.15) is 0 Å². The van der Waals surface area contributed by atoms with Gasteiger partial charge in [-0.05, 0) is 59.3 Å². The van der Waals surface area contributed by atoms with Crippen LogP contribution in [0.1, 0.15) is 293 Å². The molecule has 0 aliphatic heterocycles. The smallest absolute Gasteiger partial charge is 0.313 e. The summed E-state index contributed by atoms with van der Waals surface area (Å²) >= 11 is 0. The first-order valence-corrected chi connectivity index (χ1v) is 32.2. The molecule has 0 saturated heterocycles. The molecule has 0 aliphatic carbocycles. The van der Waals surface area contributed by atoms with E-state index in [0.717, 1.165) is 97.4 Å². The molecule has 0 aromatic rings. The van der Waals surface area contributed by atoms with Gasteiger partial charge in [0, 0.05) is 16.5 Å². The second-order valence-electron chi connectivity index (χ2n) is 17.5. The largest absolute Gasteiger partial charge is 0.332 e. The quantitative estimate of drug-likeness (QED) is 0.0333. The standard InChI is InChI=1S/3C18H39O3P.CH2O.Ni/c3*1-4-7-9-10-11-12-13-14-15-16-18-21-22(19-6-3)20-17-8-5-2;1-2;/h3*4-18H2,1-3H3;1H2;. The van der Waals surface area contributed by atoms with Crippen LogP contribution in [0.15, 0.2) is 0 Å². The zero-order valence-corrected chi connectivity index (χ0v) is 50.9. The Labute approximate surface area is 445 Å². The van der Waals surface area contributed by atoms with E-state index in [-0.39, 0.29) is 16.5 Å². The SMILES string of the molecule is C=O.CCCCCCCCCCCCOP(OCC)OCCCC.CCCCCCCCCCCCOP(OCC)OCCCC.CCCCCCCCCCCCOP(OCC)OCCCC.[Ni]. The Kier molecular flexibility index (Phi) is 89.3. The minimum absolute atomic E-state index is 0. The van der Waals surface area contributed by atoms with Crippen LogP contribution in [0.25, 0.3) is 0 Å². The van der Waals surface area contributed by atoms with Gasteiger partial charge >= 0.3 is 25.8 Å². The third-order valence-electron chi connectivity index (χ3n) is 10.9. The Morgan fingerprint density at radius 1 is 0.217 bits per heavy atom. The average molecular weight is 1090 g/mol. The molecule has 3 unspecified atom stereocenters. The fourth-order valence-electron chi connectivity index (χ4n) is 6.69. The number of hydrogen-bond acceptors (Lipinski definition) is 10. The molecule has 0 fully saturated rings. The van der Waals surface area contributed by atoms with Crippen molar-refractivity contribution in [1.82, 2.24) is 0 Å². The molecule has 0 rings (SSSR count). The summed E-state index contributed by atoms with van der Waals surface area (Å²) in [5, 5.41) is 0. The molecule has 424 valence electrons. The molecule has 0 aromatic heterocycles. The van der Waals surface area contributed by atoms with Crippen molar-refractivity contribution in [2.75, 3.05) is 59.5 Å². The summed E-state index contributed by atoms with van der Waals surface area (Å²) in [6.07, 6.45) is 47.1. The van der Waals surface area contributed by atoms with Crippen LogP contribution in [-0.4, -0.2) is 66.3 Å². The van der Waals surface area contributed by atoms with E-state index in [2.05, 4.69) is 41.5 Å². The first-order valence-electron chi connectivity index (χ1n) is 28.9. The Balaban J connectivity index is -0.000000289. The number of carbonyl (C=O) groups is 1. The predicted octanol–water partition coefficient (Wildman–Crippen LogP) is 20.8. The maximum absolute atomic E-state index is 8.00. The van der Waals surface area contributed by atoms with Crippen LogP contribution >= 0.6 is 25.8 Å². The van der Waals surface area contributed by atoms with Crippen molar-refractivity contribution in [3.05, 3.63) is 0 Å². The van der Waals surface area contributed by atoms with E-state index >= 15 is 0 Å². The van der Waals surface area contributed by atoms with Crippen LogP contribution in [0.3, 0.4) is 0 Å². The van der Waals surface area contributed by atoms with Gasteiger partial charge in [0.2, 0.25) is 0 Å². The van der Waals surface area contributed by atoms with E-state index in [9.17, 15) is 0 Å². The van der Waals surface area contributed by atoms with Gasteiger partial charge in [0.15, 0.2) is 0 Å². The Morgan fingerprint density at radius 3 is 0.522 bits per heavy atom. The van der Waals surface area contributed by atoms with Crippen molar-refractivity contribution in [2.45, 2.75) is 293 Å². The maximum atomic E-state index is 8.00. The predicted molar refractivity (Wildman–Crippen MR) is 299 cm³/mol. The van der Waals surface area contributed by atoms with Gasteiger partial charge in [-0.25, -0.2) is 0 Å². The molecule has 0 amide bonds. The molecule has 14 heteroatoms. The average Bonchev–Trinajstić information content (AvgIpc) is 3.35. The van der Waals surface area contributed by atoms with E-state index in [1.165, 1.54) is 173 Å². The Bertz CT molecular complexity index is 734. The third-order valence-corrected chi connectivity index (χ3v) is 14.6. The first-order chi connectivity index (χ1) is 33.5. The summed E-state index contributed by atoms with van der Waals surface area (Å²) in [6.45, 7) is 27.8. The van der Waals surface area contributed by atoms with Crippen molar-refractivity contribution in [3.63, 3.8) is 0 Å². The van der Waals surface area contributed by atoms with E-state index < -0.39 is 25.8 Å². The summed E-state index contributed by atoms with van der Waals surface area (Å²) < 4.78 is 50.6. The van der Waals surface area contributed by atoms with Gasteiger partial charge in [-0.15, -0.1) is 0 Å². The zero-order chi connectivity index (χ0) is 50.9. The van der Waals surface area contributed by atoms with E-state index in [0.29, 0.717) is 19.8 Å². The fraction of sp³-hybridized carbons (Fsp3) is 0.982. The summed E-state index contributed by atoms with van der Waals surface area (Å²) in [5.41, 5.74) is 0. The number of hydrogen-bond donors (Lipinski definition) is 0. The van der Waals surface area contributed by atoms with Gasteiger partial charge in [0.25, 0.3) is 0 Å². The number of rotatable bonds is 54. The topological polar surface area (TPSA) is 100 Å². The van der Waals surface area contributed by atoms with Crippen molar-refractivity contribution in [3.8, 4) is 0 Å². The number of unbranched alkanes of at least 4 members (excludes halogenated alkanes) is 30. The zero-order valence-electron chi connectivity index (χ0n) is 47.3. The van der Waals surface area contributed by atoms with Gasteiger partial charge in [0.05, 0.1) is 59.5 Å². The molecule has 0 bridgehead atoms. The summed E-state index contributed by atoms with van der Waals surface area (Å²) in [4.78, 5) is 8.00. The molecule has 0 saturated carbocycles. The molecule has 10 nitrogen and oxygen atoms in total. The fourth-order valence-corrected chi connectivity index (χ4v) is 9.66. The molecule has 0 radical (unpaired) electrons. The molecule has 0 spiro atoms. The van der Waals surface area contributed by atoms with Crippen LogP contribution in [0.4, 0.5) is 0 Å². The second kappa shape index (κ2) is 78.0. The summed E-state index contributed by atoms with van der Waals surface area (Å²) in [5.74, 6) is 0. The first kappa shape index (κ1) is 79.0. The summed E-state index contributed by atoms with van der Waals surface area (Å²) in [7, 11) is -3.33. The monoisotopic (exact) mass is 1090 g/mol. The molecule has 69 heavy (non-hydrogen) atoms. The minimum Gasteiger partial charge on any atom is -0.313 e. The second-order valence-corrected chi connectivity index (χ2v) is 21.2. The Morgan fingerprint density at radius 2 is 0.362 bits per heavy atom. The number of carbonyl (C=O) groups excluding carboxylic acids is 1. The van der Waals surface area contributed by atoms with Crippen molar-refractivity contribution >= 4 is 32.6 Å². The maximum Gasteiger partial charge on any atom is 0.332 e. The normalized spacial score (nSPS) is 12.2. The van der Waals surface area contributed by atoms with Gasteiger partial charge in [-0.3, -0.25) is 0 Å². The molecule has 0 aliphatic rings. The van der Waals surface area contributed by atoms with Crippen molar-refractivity contribution in [1.29, 1.82) is 0 Å². The molecular weight excluding hydrogens is 972 g/mol. The molecule has 3 atom stereocenters.